The molecule has 102 valence electrons. The monoisotopic (exact) mass is 268 g/mol. The lowest BCUT2D eigenvalue weighted by Crippen LogP contribution is -2.16. The van der Waals surface area contributed by atoms with Crippen LogP contribution in [0, 0.1) is 0 Å². The first-order valence-electron chi connectivity index (χ1n) is 6.60. The first kappa shape index (κ1) is 15.1. The molecule has 0 spiro atoms. The van der Waals surface area contributed by atoms with Gasteiger partial charge in [0.05, 0.1) is 0 Å². The summed E-state index contributed by atoms with van der Waals surface area (Å²) in [4.78, 5) is 8.53. The Morgan fingerprint density at radius 2 is 2.11 bits per heavy atom. The minimum atomic E-state index is 0.422. The van der Waals surface area contributed by atoms with Crippen LogP contribution < -0.4 is 11.1 Å². The van der Waals surface area contributed by atoms with Gasteiger partial charge in [0.1, 0.15) is 11.6 Å². The minimum Gasteiger partial charge on any atom is -0.383 e. The summed E-state index contributed by atoms with van der Waals surface area (Å²) in [6, 6.07) is 2.22. The Morgan fingerprint density at radius 3 is 2.78 bits per heavy atom. The molecule has 18 heavy (non-hydrogen) atoms. The van der Waals surface area contributed by atoms with Crippen molar-refractivity contribution in [3.05, 3.63) is 6.07 Å². The van der Waals surface area contributed by atoms with Crippen LogP contribution in [0.1, 0.15) is 46.0 Å². The summed E-state index contributed by atoms with van der Waals surface area (Å²) >= 11 is 1.51. The summed E-state index contributed by atoms with van der Waals surface area (Å²) in [5, 5.41) is 4.11. The second-order valence-corrected chi connectivity index (χ2v) is 5.33. The fourth-order valence-electron chi connectivity index (χ4n) is 1.81. The Hall–Kier alpha value is -0.970. The summed E-state index contributed by atoms with van der Waals surface area (Å²) in [6.07, 6.45) is 8.29. The van der Waals surface area contributed by atoms with Crippen LogP contribution in [0.5, 0.6) is 0 Å². The van der Waals surface area contributed by atoms with Crippen molar-refractivity contribution < 1.29 is 0 Å². The van der Waals surface area contributed by atoms with Gasteiger partial charge in [-0.25, -0.2) is 9.97 Å². The second kappa shape index (κ2) is 8.19. The molecule has 0 aliphatic carbocycles. The second-order valence-electron chi connectivity index (χ2n) is 4.56. The average molecular weight is 268 g/mol. The highest BCUT2D eigenvalue weighted by Crippen LogP contribution is 2.17. The van der Waals surface area contributed by atoms with Gasteiger partial charge in [0.2, 0.25) is 0 Å². The van der Waals surface area contributed by atoms with Gasteiger partial charge in [-0.1, -0.05) is 44.4 Å². The zero-order valence-electron chi connectivity index (χ0n) is 11.6. The van der Waals surface area contributed by atoms with E-state index in [4.69, 9.17) is 5.73 Å². The first-order valence-corrected chi connectivity index (χ1v) is 7.83. The van der Waals surface area contributed by atoms with Crippen LogP contribution >= 0.6 is 11.8 Å². The molecule has 1 aromatic rings. The standard InChI is InChI=1S/C13H24N4S/c1-4-5-6-7-8-10(2)15-12-9-11(14)16-13(17-12)18-3/h9-10H,4-8H2,1-3H3,(H3,14,15,16,17). The van der Waals surface area contributed by atoms with Gasteiger partial charge >= 0.3 is 0 Å². The van der Waals surface area contributed by atoms with E-state index in [2.05, 4.69) is 29.1 Å². The molecular weight excluding hydrogens is 244 g/mol. The maximum atomic E-state index is 5.75. The maximum absolute atomic E-state index is 5.75. The van der Waals surface area contributed by atoms with Crippen molar-refractivity contribution in [2.45, 2.75) is 57.1 Å². The van der Waals surface area contributed by atoms with Gasteiger partial charge in [-0.05, 0) is 19.6 Å². The SMILES string of the molecule is CCCCCCC(C)Nc1cc(N)nc(SC)n1. The normalized spacial score (nSPS) is 12.4. The summed E-state index contributed by atoms with van der Waals surface area (Å²) in [5.41, 5.74) is 5.75. The van der Waals surface area contributed by atoms with Crippen molar-refractivity contribution in [3.63, 3.8) is 0 Å². The fraction of sp³-hybridized carbons (Fsp3) is 0.692. The topological polar surface area (TPSA) is 63.8 Å². The molecule has 1 unspecified atom stereocenters. The summed E-state index contributed by atoms with van der Waals surface area (Å²) < 4.78 is 0. The molecule has 5 heteroatoms. The number of rotatable bonds is 8. The third kappa shape index (κ3) is 5.58. The molecule has 1 atom stereocenters. The Kier molecular flexibility index (Phi) is 6.86. The number of unbranched alkanes of at least 4 members (excludes halogenated alkanes) is 3. The third-order valence-corrected chi connectivity index (χ3v) is 3.34. The van der Waals surface area contributed by atoms with Gasteiger partial charge in [0.25, 0.3) is 0 Å². The molecule has 0 aliphatic heterocycles. The first-order chi connectivity index (χ1) is 8.65. The minimum absolute atomic E-state index is 0.422. The Bertz CT molecular complexity index is 357. The number of anilines is 2. The number of nitrogens with zero attached hydrogens (tertiary/aromatic N) is 2. The van der Waals surface area contributed by atoms with Gasteiger partial charge in [-0.15, -0.1) is 0 Å². The number of aromatic nitrogens is 2. The predicted octanol–water partition coefficient (Wildman–Crippen LogP) is 3.55. The summed E-state index contributed by atoms with van der Waals surface area (Å²) in [5.74, 6) is 1.35. The van der Waals surface area contributed by atoms with Crippen LogP contribution in [0.15, 0.2) is 11.2 Å². The van der Waals surface area contributed by atoms with Crippen molar-refractivity contribution in [1.82, 2.24) is 9.97 Å². The van der Waals surface area contributed by atoms with Crippen LogP contribution in [0.3, 0.4) is 0 Å². The number of nitrogen functional groups attached to an aromatic ring is 1. The molecule has 4 nitrogen and oxygen atoms in total. The molecular formula is C13H24N4S. The summed E-state index contributed by atoms with van der Waals surface area (Å²) in [6.45, 7) is 4.41. The van der Waals surface area contributed by atoms with Crippen LogP contribution in [-0.2, 0) is 0 Å². The van der Waals surface area contributed by atoms with Crippen LogP contribution in [-0.4, -0.2) is 22.3 Å². The molecule has 1 aromatic heterocycles. The van der Waals surface area contributed by atoms with Crippen molar-refractivity contribution in [2.24, 2.45) is 0 Å². The fourth-order valence-corrected chi connectivity index (χ4v) is 2.20. The van der Waals surface area contributed by atoms with E-state index in [9.17, 15) is 0 Å². The number of hydrogen-bond acceptors (Lipinski definition) is 5. The van der Waals surface area contributed by atoms with Crippen LogP contribution in [0.2, 0.25) is 0 Å². The Balaban J connectivity index is 2.43. The van der Waals surface area contributed by atoms with E-state index in [1.165, 1.54) is 43.9 Å². The van der Waals surface area contributed by atoms with E-state index in [1.807, 2.05) is 6.26 Å². The molecule has 0 aromatic carbocycles. The van der Waals surface area contributed by atoms with Gasteiger partial charge in [-0.3, -0.25) is 0 Å². The average Bonchev–Trinajstić information content (AvgIpc) is 2.34. The van der Waals surface area contributed by atoms with Crippen LogP contribution in [0.4, 0.5) is 11.6 Å². The van der Waals surface area contributed by atoms with E-state index >= 15 is 0 Å². The van der Waals surface area contributed by atoms with Gasteiger partial charge in [-0.2, -0.15) is 0 Å². The lowest BCUT2D eigenvalue weighted by atomic mass is 10.1. The zero-order valence-corrected chi connectivity index (χ0v) is 12.4. The lowest BCUT2D eigenvalue weighted by molar-refractivity contribution is 0.592. The largest absolute Gasteiger partial charge is 0.383 e. The number of thioether (sulfide) groups is 1. The van der Waals surface area contributed by atoms with E-state index < -0.39 is 0 Å². The van der Waals surface area contributed by atoms with E-state index in [0.29, 0.717) is 11.9 Å². The molecule has 0 saturated carbocycles. The van der Waals surface area contributed by atoms with Crippen molar-refractivity contribution >= 4 is 23.4 Å². The van der Waals surface area contributed by atoms with Crippen molar-refractivity contribution in [2.75, 3.05) is 17.3 Å². The molecule has 3 N–H and O–H groups in total. The Labute approximate surface area is 114 Å². The highest BCUT2D eigenvalue weighted by atomic mass is 32.2. The number of nitrogens with two attached hydrogens (primary N) is 1. The Morgan fingerprint density at radius 1 is 1.33 bits per heavy atom. The van der Waals surface area contributed by atoms with Crippen LogP contribution in [0.25, 0.3) is 0 Å². The molecule has 0 saturated heterocycles. The lowest BCUT2D eigenvalue weighted by Gasteiger charge is -2.15. The molecule has 0 radical (unpaired) electrons. The molecule has 0 aliphatic rings. The number of hydrogen-bond donors (Lipinski definition) is 2. The zero-order chi connectivity index (χ0) is 13.4. The molecule has 0 fully saturated rings. The molecule has 0 bridgehead atoms. The van der Waals surface area contributed by atoms with Gasteiger partial charge in [0, 0.05) is 12.1 Å². The molecule has 1 heterocycles. The predicted molar refractivity (Wildman–Crippen MR) is 80.1 cm³/mol. The quantitative estimate of drug-likeness (QED) is 0.429. The molecule has 1 rings (SSSR count). The third-order valence-electron chi connectivity index (χ3n) is 2.79. The van der Waals surface area contributed by atoms with Crippen molar-refractivity contribution in [3.8, 4) is 0 Å². The van der Waals surface area contributed by atoms with E-state index in [-0.39, 0.29) is 0 Å². The summed E-state index contributed by atoms with van der Waals surface area (Å²) in [7, 11) is 0. The highest BCUT2D eigenvalue weighted by molar-refractivity contribution is 7.98. The van der Waals surface area contributed by atoms with E-state index in [1.54, 1.807) is 6.07 Å². The molecule has 0 amide bonds. The highest BCUT2D eigenvalue weighted by Gasteiger charge is 2.05. The maximum Gasteiger partial charge on any atom is 0.191 e. The van der Waals surface area contributed by atoms with Gasteiger partial charge in [0.15, 0.2) is 5.16 Å². The smallest absolute Gasteiger partial charge is 0.191 e. The van der Waals surface area contributed by atoms with E-state index in [0.717, 1.165) is 11.0 Å². The van der Waals surface area contributed by atoms with Crippen molar-refractivity contribution in [1.29, 1.82) is 0 Å². The van der Waals surface area contributed by atoms with Gasteiger partial charge < -0.3 is 11.1 Å². The number of nitrogens with one attached hydrogen (secondary N) is 1.